The van der Waals surface area contributed by atoms with Gasteiger partial charge in [0.15, 0.2) is 0 Å². The van der Waals surface area contributed by atoms with E-state index in [2.05, 4.69) is 5.32 Å². The summed E-state index contributed by atoms with van der Waals surface area (Å²) in [7, 11) is -2.06. The topological polar surface area (TPSA) is 96.0 Å². The van der Waals surface area contributed by atoms with Gasteiger partial charge in [-0.1, -0.05) is 36.2 Å². The molecule has 2 aromatic carbocycles. The molecule has 0 bridgehead atoms. The molecule has 0 aliphatic heterocycles. The molecular formula is C25H33Cl2N3O5S. The number of ether oxygens (including phenoxy) is 1. The maximum atomic E-state index is 13.3. The monoisotopic (exact) mass is 557 g/mol. The first-order valence-corrected chi connectivity index (χ1v) is 14.3. The lowest BCUT2D eigenvalue weighted by molar-refractivity contribution is -0.141. The number of hydrogen-bond acceptors (Lipinski definition) is 5. The Bertz CT molecular complexity index is 1140. The minimum absolute atomic E-state index is 0.0534. The molecule has 0 fully saturated rings. The zero-order valence-electron chi connectivity index (χ0n) is 21.0. The summed E-state index contributed by atoms with van der Waals surface area (Å²) in [5, 5.41) is 3.36. The molecule has 2 aromatic rings. The van der Waals surface area contributed by atoms with E-state index in [4.69, 9.17) is 27.9 Å². The van der Waals surface area contributed by atoms with Gasteiger partial charge in [0.1, 0.15) is 11.8 Å². The summed E-state index contributed by atoms with van der Waals surface area (Å²) in [6.07, 6.45) is 1.86. The highest BCUT2D eigenvalue weighted by molar-refractivity contribution is 7.92. The molecule has 198 valence electrons. The normalized spacial score (nSPS) is 12.1. The third-order valence-electron chi connectivity index (χ3n) is 5.56. The fourth-order valence-corrected chi connectivity index (χ4v) is 5.09. The molecule has 0 heterocycles. The molecule has 0 saturated carbocycles. The number of carbonyl (C=O) groups is 2. The Hall–Kier alpha value is -2.49. The van der Waals surface area contributed by atoms with Crippen molar-refractivity contribution in [3.63, 3.8) is 0 Å². The van der Waals surface area contributed by atoms with Gasteiger partial charge in [0.05, 0.1) is 28.6 Å². The predicted molar refractivity (Wildman–Crippen MR) is 144 cm³/mol. The highest BCUT2D eigenvalue weighted by atomic mass is 35.5. The van der Waals surface area contributed by atoms with E-state index in [1.54, 1.807) is 42.5 Å². The minimum Gasteiger partial charge on any atom is -0.494 e. The van der Waals surface area contributed by atoms with Gasteiger partial charge in [-0.15, -0.1) is 0 Å². The summed E-state index contributed by atoms with van der Waals surface area (Å²) < 4.78 is 31.6. The van der Waals surface area contributed by atoms with Gasteiger partial charge >= 0.3 is 0 Å². The molecule has 11 heteroatoms. The number of carbonyl (C=O) groups excluding carboxylic acids is 2. The van der Waals surface area contributed by atoms with Crippen LogP contribution in [-0.4, -0.2) is 57.6 Å². The van der Waals surface area contributed by atoms with Crippen molar-refractivity contribution in [2.45, 2.75) is 45.7 Å². The van der Waals surface area contributed by atoms with Gasteiger partial charge < -0.3 is 15.0 Å². The summed E-state index contributed by atoms with van der Waals surface area (Å²) in [5.41, 5.74) is 1.21. The van der Waals surface area contributed by atoms with Crippen LogP contribution in [-0.2, 0) is 26.2 Å². The van der Waals surface area contributed by atoms with Crippen LogP contribution in [0.2, 0.25) is 10.0 Å². The van der Waals surface area contributed by atoms with E-state index in [0.717, 1.165) is 11.8 Å². The first-order chi connectivity index (χ1) is 17.0. The number of rotatable bonds is 13. The molecule has 0 aliphatic carbocycles. The molecule has 1 N–H and O–H groups in total. The lowest BCUT2D eigenvalue weighted by atomic mass is 10.1. The second-order valence-electron chi connectivity index (χ2n) is 8.17. The van der Waals surface area contributed by atoms with Crippen LogP contribution in [0.5, 0.6) is 5.75 Å². The van der Waals surface area contributed by atoms with E-state index >= 15 is 0 Å². The van der Waals surface area contributed by atoms with Crippen molar-refractivity contribution in [3.05, 3.63) is 58.1 Å². The van der Waals surface area contributed by atoms with E-state index in [9.17, 15) is 18.0 Å². The van der Waals surface area contributed by atoms with E-state index < -0.39 is 16.1 Å². The van der Waals surface area contributed by atoms with Crippen LogP contribution in [0, 0.1) is 0 Å². The molecular weight excluding hydrogens is 525 g/mol. The molecule has 8 nitrogen and oxygen atoms in total. The molecule has 1 atom stereocenters. The van der Waals surface area contributed by atoms with Crippen LogP contribution in [0.15, 0.2) is 42.5 Å². The van der Waals surface area contributed by atoms with Crippen LogP contribution in [0.25, 0.3) is 0 Å². The Labute approximate surface area is 223 Å². The Kier molecular flexibility index (Phi) is 11.3. The highest BCUT2D eigenvalue weighted by Gasteiger charge is 2.28. The van der Waals surface area contributed by atoms with Crippen molar-refractivity contribution >= 4 is 50.7 Å². The lowest BCUT2D eigenvalue weighted by Crippen LogP contribution is -2.48. The minimum atomic E-state index is -3.58. The summed E-state index contributed by atoms with van der Waals surface area (Å²) in [6.45, 7) is 4.47. The molecule has 2 rings (SSSR count). The van der Waals surface area contributed by atoms with Gasteiger partial charge in [0.2, 0.25) is 21.8 Å². The highest BCUT2D eigenvalue weighted by Crippen LogP contribution is 2.25. The molecule has 0 unspecified atom stereocenters. The fraction of sp³-hybridized carbons (Fsp3) is 0.440. The Morgan fingerprint density at radius 3 is 2.25 bits per heavy atom. The zero-order chi connectivity index (χ0) is 26.9. The van der Waals surface area contributed by atoms with Crippen molar-refractivity contribution in [2.75, 3.05) is 30.8 Å². The van der Waals surface area contributed by atoms with E-state index in [0.29, 0.717) is 34.5 Å². The summed E-state index contributed by atoms with van der Waals surface area (Å²) in [6, 6.07) is 11.1. The number of nitrogens with zero attached hydrogens (tertiary/aromatic N) is 2. The largest absolute Gasteiger partial charge is 0.494 e. The first-order valence-electron chi connectivity index (χ1n) is 11.7. The van der Waals surface area contributed by atoms with E-state index in [-0.39, 0.29) is 37.7 Å². The maximum Gasteiger partial charge on any atom is 0.242 e. The van der Waals surface area contributed by atoms with E-state index in [1.165, 1.54) is 16.3 Å². The van der Waals surface area contributed by atoms with Crippen LogP contribution in [0.1, 0.15) is 38.7 Å². The standard InChI is InChI=1S/C25H33Cl2N3O5S/c1-5-23(25(32)28-3)29(17-18-9-14-21(26)22(27)16-18)24(31)8-7-15-30(36(4,33)34)19-10-12-20(13-11-19)35-6-2/h9-14,16,23H,5-8,15,17H2,1-4H3,(H,28,32)/t23-/m1/s1. The summed E-state index contributed by atoms with van der Waals surface area (Å²) in [5.74, 6) is 0.0948. The molecule has 0 aromatic heterocycles. The second-order valence-corrected chi connectivity index (χ2v) is 10.9. The maximum absolute atomic E-state index is 13.3. The fourth-order valence-electron chi connectivity index (χ4n) is 3.80. The number of hydrogen-bond donors (Lipinski definition) is 1. The zero-order valence-corrected chi connectivity index (χ0v) is 23.3. The molecule has 0 aliphatic rings. The number of amides is 2. The van der Waals surface area contributed by atoms with Gasteiger partial charge in [-0.25, -0.2) is 8.42 Å². The third-order valence-corrected chi connectivity index (χ3v) is 7.49. The molecule has 0 spiro atoms. The molecule has 2 amide bonds. The molecule has 0 saturated heterocycles. The number of halogens is 2. The van der Waals surface area contributed by atoms with Crippen molar-refractivity contribution in [1.29, 1.82) is 0 Å². The van der Waals surface area contributed by atoms with Crippen LogP contribution in [0.3, 0.4) is 0 Å². The first kappa shape index (κ1) is 29.7. The Balaban J connectivity index is 2.19. The number of sulfonamides is 1. The number of nitrogens with one attached hydrogen (secondary N) is 1. The van der Waals surface area contributed by atoms with E-state index in [1.807, 2.05) is 13.8 Å². The summed E-state index contributed by atoms with van der Waals surface area (Å²) in [4.78, 5) is 27.3. The number of benzene rings is 2. The third kappa shape index (κ3) is 8.28. The van der Waals surface area contributed by atoms with Gasteiger partial charge in [-0.3, -0.25) is 13.9 Å². The van der Waals surface area contributed by atoms with Crippen molar-refractivity contribution in [1.82, 2.24) is 10.2 Å². The van der Waals surface area contributed by atoms with Gasteiger partial charge in [-0.05, 0) is 61.7 Å². The van der Waals surface area contributed by atoms with Crippen molar-refractivity contribution in [3.8, 4) is 5.75 Å². The molecule has 36 heavy (non-hydrogen) atoms. The van der Waals surface area contributed by atoms with Crippen molar-refractivity contribution < 1.29 is 22.7 Å². The van der Waals surface area contributed by atoms with Crippen LogP contribution in [0.4, 0.5) is 5.69 Å². The predicted octanol–water partition coefficient (Wildman–Crippen LogP) is 4.49. The number of likely N-dealkylation sites (N-methyl/N-ethyl adjacent to an activating group) is 1. The van der Waals surface area contributed by atoms with Gasteiger partial charge in [-0.2, -0.15) is 0 Å². The quantitative estimate of drug-likeness (QED) is 0.391. The Morgan fingerprint density at radius 2 is 1.72 bits per heavy atom. The number of anilines is 1. The lowest BCUT2D eigenvalue weighted by Gasteiger charge is -2.31. The molecule has 0 radical (unpaired) electrons. The smallest absolute Gasteiger partial charge is 0.242 e. The average molecular weight is 559 g/mol. The summed E-state index contributed by atoms with van der Waals surface area (Å²) >= 11 is 12.2. The van der Waals surface area contributed by atoms with Crippen LogP contribution >= 0.6 is 23.2 Å². The SMILES string of the molecule is CCOc1ccc(N(CCCC(=O)N(Cc2ccc(Cl)c(Cl)c2)[C@H](CC)C(=O)NC)S(C)(=O)=O)cc1. The van der Waals surface area contributed by atoms with Crippen molar-refractivity contribution in [2.24, 2.45) is 0 Å². The second kappa shape index (κ2) is 13.7. The Morgan fingerprint density at radius 1 is 1.06 bits per heavy atom. The van der Waals surface area contributed by atoms with Gasteiger partial charge in [0, 0.05) is 26.6 Å². The van der Waals surface area contributed by atoms with Crippen LogP contribution < -0.4 is 14.4 Å². The van der Waals surface area contributed by atoms with Gasteiger partial charge in [0.25, 0.3) is 0 Å². The average Bonchev–Trinajstić information content (AvgIpc) is 2.83.